The van der Waals surface area contributed by atoms with E-state index in [-0.39, 0.29) is 31.2 Å². The van der Waals surface area contributed by atoms with Crippen LogP contribution in [0.3, 0.4) is 0 Å². The number of nitrogens with one attached hydrogen (secondary N) is 1. The number of hydrogen-bond acceptors (Lipinski definition) is 8. The molecule has 1 saturated heterocycles. The lowest BCUT2D eigenvalue weighted by Gasteiger charge is -2.45. The number of carbonyl (C=O) groups is 3. The molecular weight excluding hydrogens is 520 g/mol. The lowest BCUT2D eigenvalue weighted by atomic mass is 10.0. The summed E-state index contributed by atoms with van der Waals surface area (Å²) < 4.78 is 10.8. The molecule has 3 atom stereocenters. The number of benzene rings is 2. The highest BCUT2D eigenvalue weighted by atomic mass is 32.1. The Labute approximate surface area is 229 Å². The molecule has 3 heterocycles. The molecule has 0 bridgehead atoms. The van der Waals surface area contributed by atoms with Crippen LogP contribution in [0.1, 0.15) is 51.9 Å². The van der Waals surface area contributed by atoms with Crippen LogP contribution in [0.15, 0.2) is 53.9 Å². The lowest BCUT2D eigenvalue weighted by Crippen LogP contribution is -2.58. The van der Waals surface area contributed by atoms with Crippen LogP contribution in [0.4, 0.5) is 11.4 Å². The summed E-state index contributed by atoms with van der Waals surface area (Å²) in [6.07, 6.45) is -0.218. The highest BCUT2D eigenvalue weighted by Crippen LogP contribution is 2.34. The van der Waals surface area contributed by atoms with E-state index in [0.717, 1.165) is 10.6 Å². The molecule has 3 unspecified atom stereocenters. The van der Waals surface area contributed by atoms with E-state index >= 15 is 0 Å². The molecule has 3 aromatic rings. The van der Waals surface area contributed by atoms with Gasteiger partial charge in [0, 0.05) is 41.2 Å². The van der Waals surface area contributed by atoms with Gasteiger partial charge in [-0.05, 0) is 61.7 Å². The highest BCUT2D eigenvalue weighted by Gasteiger charge is 2.34. The monoisotopic (exact) mass is 550 g/mol. The van der Waals surface area contributed by atoms with Crippen molar-refractivity contribution < 1.29 is 29.0 Å². The zero-order valence-electron chi connectivity index (χ0n) is 21.6. The van der Waals surface area contributed by atoms with E-state index in [9.17, 15) is 19.5 Å². The van der Waals surface area contributed by atoms with E-state index in [2.05, 4.69) is 10.2 Å². The number of rotatable bonds is 7. The molecule has 11 heteroatoms. The summed E-state index contributed by atoms with van der Waals surface area (Å²) >= 11 is 1.39. The molecule has 204 valence electrons. The Kier molecular flexibility index (Phi) is 7.34. The Hall–Kier alpha value is -4.25. The quantitative estimate of drug-likeness (QED) is 0.379. The predicted octanol–water partition coefficient (Wildman–Crippen LogP) is 3.74. The molecule has 0 radical (unpaired) electrons. The highest BCUT2D eigenvalue weighted by molar-refractivity contribution is 7.10. The van der Waals surface area contributed by atoms with Crippen LogP contribution in [-0.4, -0.2) is 59.8 Å². The number of fused-ring (bicyclic) bond motifs is 1. The van der Waals surface area contributed by atoms with Crippen molar-refractivity contribution in [3.05, 3.63) is 69.9 Å². The minimum Gasteiger partial charge on any atom is -0.481 e. The minimum absolute atomic E-state index is 0.0279. The number of carbonyl (C=O) groups excluding carboxylic acids is 2. The second-order valence-electron chi connectivity index (χ2n) is 9.79. The van der Waals surface area contributed by atoms with Crippen LogP contribution in [-0.2, 0) is 4.79 Å². The normalized spacial score (nSPS) is 19.0. The summed E-state index contributed by atoms with van der Waals surface area (Å²) in [6, 6.07) is 13.2. The molecule has 2 aliphatic heterocycles. The number of piperazine rings is 1. The predicted molar refractivity (Wildman–Crippen MR) is 148 cm³/mol. The van der Waals surface area contributed by atoms with E-state index in [1.165, 1.54) is 11.3 Å². The van der Waals surface area contributed by atoms with Gasteiger partial charge in [0.05, 0.1) is 23.8 Å². The number of aliphatic carboxylic acids is 1. The van der Waals surface area contributed by atoms with Crippen molar-refractivity contribution in [3.8, 4) is 11.5 Å². The van der Waals surface area contributed by atoms with Crippen molar-refractivity contribution in [1.29, 1.82) is 0 Å². The topological polar surface area (TPSA) is 134 Å². The fraction of sp³-hybridized carbons (Fsp3) is 0.321. The molecular formula is C28H30N4O6S. The number of hydrogen-bond donors (Lipinski definition) is 3. The molecule has 10 nitrogen and oxygen atoms in total. The van der Waals surface area contributed by atoms with Gasteiger partial charge in [0.2, 0.25) is 6.79 Å². The van der Waals surface area contributed by atoms with Gasteiger partial charge in [-0.25, -0.2) is 0 Å². The van der Waals surface area contributed by atoms with Crippen molar-refractivity contribution >= 4 is 40.5 Å². The van der Waals surface area contributed by atoms with E-state index in [1.807, 2.05) is 30.2 Å². The van der Waals surface area contributed by atoms with Gasteiger partial charge in [-0.3, -0.25) is 14.4 Å². The third kappa shape index (κ3) is 5.49. The number of nitrogens with zero attached hydrogens (tertiary/aromatic N) is 2. The maximum Gasteiger partial charge on any atom is 0.305 e. The van der Waals surface area contributed by atoms with E-state index in [0.29, 0.717) is 41.4 Å². The van der Waals surface area contributed by atoms with Gasteiger partial charge in [0.15, 0.2) is 11.5 Å². The van der Waals surface area contributed by atoms with Crippen molar-refractivity contribution in [3.63, 3.8) is 0 Å². The number of carboxylic acids is 1. The number of amides is 2. The fourth-order valence-corrected chi connectivity index (χ4v) is 5.80. The first kappa shape index (κ1) is 26.4. The molecule has 2 aliphatic rings. The SMILES string of the molecule is CC1CN(c2ccc(C(=O)NC(CC(=O)O)c3cccs3)cc2N)C(C)CN1C(=O)c1ccc2c(c1)OCO2. The summed E-state index contributed by atoms with van der Waals surface area (Å²) in [6.45, 7) is 5.23. The second-order valence-corrected chi connectivity index (χ2v) is 10.8. The average molecular weight is 551 g/mol. The van der Waals surface area contributed by atoms with Crippen molar-refractivity contribution in [2.24, 2.45) is 0 Å². The molecule has 1 fully saturated rings. The maximum absolute atomic E-state index is 13.3. The zero-order valence-corrected chi connectivity index (χ0v) is 22.4. The van der Waals surface area contributed by atoms with Gasteiger partial charge >= 0.3 is 5.97 Å². The average Bonchev–Trinajstić information content (AvgIpc) is 3.61. The minimum atomic E-state index is -0.997. The Morgan fingerprint density at radius 3 is 2.54 bits per heavy atom. The molecule has 2 aromatic carbocycles. The number of nitrogens with two attached hydrogens (primary N) is 1. The molecule has 4 N–H and O–H groups in total. The summed E-state index contributed by atoms with van der Waals surface area (Å²) in [5, 5.41) is 13.9. The lowest BCUT2D eigenvalue weighted by molar-refractivity contribution is -0.137. The van der Waals surface area contributed by atoms with E-state index in [4.69, 9.17) is 15.2 Å². The van der Waals surface area contributed by atoms with Gasteiger partial charge in [0.1, 0.15) is 0 Å². The largest absolute Gasteiger partial charge is 0.481 e. The molecule has 39 heavy (non-hydrogen) atoms. The Morgan fingerprint density at radius 1 is 1.05 bits per heavy atom. The van der Waals surface area contributed by atoms with E-state index < -0.39 is 17.9 Å². The summed E-state index contributed by atoms with van der Waals surface area (Å²) in [5.41, 5.74) is 8.53. The number of ether oxygens (including phenoxy) is 2. The number of thiophene rings is 1. The summed E-state index contributed by atoms with van der Waals surface area (Å²) in [7, 11) is 0. The number of nitrogen functional groups attached to an aromatic ring is 1. The van der Waals surface area contributed by atoms with Crippen molar-refractivity contribution in [2.75, 3.05) is 30.5 Å². The van der Waals surface area contributed by atoms with Gasteiger partial charge in [-0.15, -0.1) is 11.3 Å². The van der Waals surface area contributed by atoms with Crippen molar-refractivity contribution in [1.82, 2.24) is 10.2 Å². The van der Waals surface area contributed by atoms with Crippen LogP contribution in [0.2, 0.25) is 0 Å². The third-order valence-corrected chi connectivity index (χ3v) is 8.02. The van der Waals surface area contributed by atoms with Crippen molar-refractivity contribution in [2.45, 2.75) is 38.4 Å². The van der Waals surface area contributed by atoms with Crippen LogP contribution in [0.25, 0.3) is 0 Å². The Balaban J connectivity index is 1.28. The van der Waals surface area contributed by atoms with Gasteiger partial charge in [-0.1, -0.05) is 6.07 Å². The Bertz CT molecular complexity index is 1390. The van der Waals surface area contributed by atoms with E-state index in [1.54, 1.807) is 42.5 Å². The number of anilines is 2. The molecule has 0 spiro atoms. The fourth-order valence-electron chi connectivity index (χ4n) is 5.03. The van der Waals surface area contributed by atoms with Gasteiger partial charge in [-0.2, -0.15) is 0 Å². The zero-order chi connectivity index (χ0) is 27.7. The smallest absolute Gasteiger partial charge is 0.305 e. The van der Waals surface area contributed by atoms with Gasteiger partial charge < -0.3 is 35.4 Å². The molecule has 0 saturated carbocycles. The van der Waals surface area contributed by atoms with Crippen LogP contribution in [0, 0.1) is 0 Å². The maximum atomic E-state index is 13.3. The first-order chi connectivity index (χ1) is 18.7. The van der Waals surface area contributed by atoms with Crippen LogP contribution < -0.4 is 25.4 Å². The summed E-state index contributed by atoms with van der Waals surface area (Å²) in [5.74, 6) is -0.263. The van der Waals surface area contributed by atoms with Gasteiger partial charge in [0.25, 0.3) is 11.8 Å². The first-order valence-corrected chi connectivity index (χ1v) is 13.5. The molecule has 0 aliphatic carbocycles. The van der Waals surface area contributed by atoms with Crippen LogP contribution in [0.5, 0.6) is 11.5 Å². The third-order valence-electron chi connectivity index (χ3n) is 7.04. The molecule has 2 amide bonds. The molecule has 1 aromatic heterocycles. The standard InChI is InChI=1S/C28H30N4O6S/c1-16-14-32(28(36)19-6-8-23-24(11-19)38-15-37-23)17(2)13-31(16)22-7-5-18(10-20(22)29)27(35)30-21(12-26(33)34)25-4-3-9-39-25/h3-11,16-17,21H,12-15,29H2,1-2H3,(H,30,35)(H,33,34). The molecule has 5 rings (SSSR count). The summed E-state index contributed by atoms with van der Waals surface area (Å²) in [4.78, 5) is 42.4. The van der Waals surface area contributed by atoms with Crippen LogP contribution >= 0.6 is 11.3 Å². The second kappa shape index (κ2) is 10.9. The first-order valence-electron chi connectivity index (χ1n) is 12.6. The Morgan fingerprint density at radius 2 is 1.82 bits per heavy atom. The number of carboxylic acid groups (broad SMARTS) is 1.